The Balaban J connectivity index is 2.12. The Morgan fingerprint density at radius 1 is 1.59 bits per heavy atom. The molecule has 7 heteroatoms. The molecule has 1 heterocycles. The van der Waals surface area contributed by atoms with Gasteiger partial charge in [-0.2, -0.15) is 4.98 Å². The van der Waals surface area contributed by atoms with Crippen LogP contribution >= 0.6 is 0 Å². The van der Waals surface area contributed by atoms with E-state index in [1.807, 2.05) is 0 Å². The van der Waals surface area contributed by atoms with Gasteiger partial charge >= 0.3 is 0 Å². The largest absolute Gasteiger partial charge is 0.423 e. The van der Waals surface area contributed by atoms with Crippen LogP contribution < -0.4 is 16.8 Å². The van der Waals surface area contributed by atoms with Crippen LogP contribution in [-0.2, 0) is 4.79 Å². The van der Waals surface area contributed by atoms with Crippen LogP contribution in [0.15, 0.2) is 22.6 Å². The summed E-state index contributed by atoms with van der Waals surface area (Å²) in [6, 6.07) is 5.25. The number of amides is 1. The summed E-state index contributed by atoms with van der Waals surface area (Å²) in [5.41, 5.74) is 12.2. The van der Waals surface area contributed by atoms with Gasteiger partial charge in [-0.05, 0) is 12.1 Å². The first-order valence-electron chi connectivity index (χ1n) is 4.93. The number of carbonyl (C=O) groups is 1. The molecule has 0 saturated carbocycles. The van der Waals surface area contributed by atoms with Crippen LogP contribution in [0.3, 0.4) is 0 Å². The minimum absolute atomic E-state index is 0.0579. The number of benzene rings is 1. The van der Waals surface area contributed by atoms with Gasteiger partial charge in [-0.25, -0.2) is 0 Å². The Bertz CT molecular complexity index is 551. The Hall–Kier alpha value is -2.28. The molecule has 0 aliphatic carbocycles. The van der Waals surface area contributed by atoms with Gasteiger partial charge in [0.15, 0.2) is 5.58 Å². The zero-order valence-corrected chi connectivity index (χ0v) is 8.88. The van der Waals surface area contributed by atoms with E-state index in [-0.39, 0.29) is 12.6 Å². The van der Waals surface area contributed by atoms with Gasteiger partial charge in [0.2, 0.25) is 5.91 Å². The number of nitrogens with two attached hydrogens (primary N) is 2. The summed E-state index contributed by atoms with van der Waals surface area (Å²) < 4.78 is 5.31. The first kappa shape index (κ1) is 11.2. The van der Waals surface area contributed by atoms with Crippen molar-refractivity contribution in [3.05, 3.63) is 18.2 Å². The van der Waals surface area contributed by atoms with Crippen LogP contribution in [-0.4, -0.2) is 28.6 Å². The number of primary amides is 1. The highest BCUT2D eigenvalue weighted by Gasteiger charge is 2.12. The number of rotatable bonds is 4. The zero-order valence-electron chi connectivity index (χ0n) is 8.88. The normalized spacial score (nSPS) is 12.5. The summed E-state index contributed by atoms with van der Waals surface area (Å²) >= 11 is 0. The van der Waals surface area contributed by atoms with Crippen LogP contribution in [0.25, 0.3) is 11.1 Å². The topological polar surface area (TPSA) is 127 Å². The van der Waals surface area contributed by atoms with Gasteiger partial charge in [-0.3, -0.25) is 4.79 Å². The summed E-state index contributed by atoms with van der Waals surface area (Å²) in [5, 5.41) is 11.8. The number of anilines is 2. The number of aliphatic hydroxyl groups is 1. The number of hydrogen-bond acceptors (Lipinski definition) is 6. The third kappa shape index (κ3) is 2.45. The molecule has 7 nitrogen and oxygen atoms in total. The molecule has 2 aromatic rings. The quantitative estimate of drug-likeness (QED) is 0.538. The summed E-state index contributed by atoms with van der Waals surface area (Å²) in [5.74, 6) is -0.808. The minimum atomic E-state index is -1.28. The van der Waals surface area contributed by atoms with E-state index in [1.165, 1.54) is 0 Å². The van der Waals surface area contributed by atoms with Crippen molar-refractivity contribution in [3.63, 3.8) is 0 Å². The molecule has 0 saturated heterocycles. The Kier molecular flexibility index (Phi) is 2.84. The van der Waals surface area contributed by atoms with Crippen molar-refractivity contribution in [2.45, 2.75) is 6.10 Å². The molecule has 6 N–H and O–H groups in total. The van der Waals surface area contributed by atoms with Crippen molar-refractivity contribution in [1.29, 1.82) is 0 Å². The average molecular weight is 236 g/mol. The van der Waals surface area contributed by atoms with Crippen LogP contribution in [0.4, 0.5) is 11.7 Å². The number of carbonyl (C=O) groups excluding carboxylic acids is 1. The van der Waals surface area contributed by atoms with E-state index in [9.17, 15) is 9.90 Å². The molecule has 0 spiro atoms. The van der Waals surface area contributed by atoms with E-state index in [0.717, 1.165) is 0 Å². The SMILES string of the molecule is NC(=O)C(O)CNc1nc2ccc(N)cc2o1. The van der Waals surface area contributed by atoms with Crippen LogP contribution in [0.1, 0.15) is 0 Å². The molecule has 17 heavy (non-hydrogen) atoms. The number of fused-ring (bicyclic) bond motifs is 1. The lowest BCUT2D eigenvalue weighted by atomic mass is 10.3. The maximum atomic E-state index is 10.6. The smallest absolute Gasteiger partial charge is 0.295 e. The van der Waals surface area contributed by atoms with E-state index >= 15 is 0 Å². The van der Waals surface area contributed by atoms with Crippen molar-refractivity contribution < 1.29 is 14.3 Å². The molecule has 1 unspecified atom stereocenters. The fraction of sp³-hybridized carbons (Fsp3) is 0.200. The van der Waals surface area contributed by atoms with E-state index < -0.39 is 12.0 Å². The molecule has 0 bridgehead atoms. The first-order valence-corrected chi connectivity index (χ1v) is 4.93. The van der Waals surface area contributed by atoms with Crippen molar-refractivity contribution in [2.24, 2.45) is 5.73 Å². The highest BCUT2D eigenvalue weighted by Crippen LogP contribution is 2.20. The predicted molar refractivity (Wildman–Crippen MR) is 62.1 cm³/mol. The lowest BCUT2D eigenvalue weighted by Gasteiger charge is -2.05. The number of aliphatic hydroxyl groups excluding tert-OH is 1. The lowest BCUT2D eigenvalue weighted by molar-refractivity contribution is -0.125. The zero-order chi connectivity index (χ0) is 12.4. The van der Waals surface area contributed by atoms with Crippen molar-refractivity contribution in [2.75, 3.05) is 17.6 Å². The minimum Gasteiger partial charge on any atom is -0.423 e. The highest BCUT2D eigenvalue weighted by atomic mass is 16.4. The van der Waals surface area contributed by atoms with Gasteiger partial charge in [0.25, 0.3) is 6.01 Å². The fourth-order valence-electron chi connectivity index (χ4n) is 1.30. The third-order valence-corrected chi connectivity index (χ3v) is 2.19. The summed E-state index contributed by atoms with van der Waals surface area (Å²) in [6.07, 6.45) is -1.28. The Morgan fingerprint density at radius 3 is 3.06 bits per heavy atom. The molecule has 0 radical (unpaired) electrons. The molecular weight excluding hydrogens is 224 g/mol. The Morgan fingerprint density at radius 2 is 2.35 bits per heavy atom. The van der Waals surface area contributed by atoms with E-state index in [2.05, 4.69) is 10.3 Å². The summed E-state index contributed by atoms with van der Waals surface area (Å²) in [6.45, 7) is -0.0579. The van der Waals surface area contributed by atoms with Gasteiger partial charge in [-0.15, -0.1) is 0 Å². The molecule has 1 aromatic carbocycles. The van der Waals surface area contributed by atoms with E-state index in [4.69, 9.17) is 15.9 Å². The van der Waals surface area contributed by atoms with Gasteiger partial charge in [0, 0.05) is 11.8 Å². The molecular formula is C10H12N4O3. The molecule has 1 aromatic heterocycles. The van der Waals surface area contributed by atoms with Crippen molar-refractivity contribution in [1.82, 2.24) is 4.98 Å². The summed E-state index contributed by atoms with van der Waals surface area (Å²) in [7, 11) is 0. The van der Waals surface area contributed by atoms with Gasteiger partial charge in [0.05, 0.1) is 6.54 Å². The summed E-state index contributed by atoms with van der Waals surface area (Å²) in [4.78, 5) is 14.7. The molecule has 0 aliphatic heterocycles. The number of aromatic nitrogens is 1. The van der Waals surface area contributed by atoms with Crippen LogP contribution in [0, 0.1) is 0 Å². The second-order valence-electron chi connectivity index (χ2n) is 3.55. The van der Waals surface area contributed by atoms with Gasteiger partial charge in [0.1, 0.15) is 11.6 Å². The van der Waals surface area contributed by atoms with E-state index in [0.29, 0.717) is 16.8 Å². The van der Waals surface area contributed by atoms with Gasteiger partial charge in [-0.1, -0.05) is 0 Å². The maximum Gasteiger partial charge on any atom is 0.295 e. The van der Waals surface area contributed by atoms with Crippen LogP contribution in [0.5, 0.6) is 0 Å². The average Bonchev–Trinajstić information content (AvgIpc) is 2.67. The number of hydrogen-bond donors (Lipinski definition) is 4. The number of oxazole rings is 1. The molecule has 1 amide bonds. The standard InChI is InChI=1S/C10H12N4O3/c11-5-1-2-6-8(3-5)17-10(14-6)13-4-7(15)9(12)16/h1-3,7,15H,4,11H2,(H2,12,16)(H,13,14). The van der Waals surface area contributed by atoms with Gasteiger partial charge < -0.3 is 26.3 Å². The second-order valence-corrected chi connectivity index (χ2v) is 3.55. The van der Waals surface area contributed by atoms with Crippen molar-refractivity contribution >= 4 is 28.7 Å². The Labute approximate surface area is 96.4 Å². The molecule has 0 aliphatic rings. The predicted octanol–water partition coefficient (Wildman–Crippen LogP) is -0.332. The van der Waals surface area contributed by atoms with Crippen molar-refractivity contribution in [3.8, 4) is 0 Å². The third-order valence-electron chi connectivity index (χ3n) is 2.19. The maximum absolute atomic E-state index is 10.6. The second kappa shape index (κ2) is 4.30. The lowest BCUT2D eigenvalue weighted by Crippen LogP contribution is -2.34. The van der Waals surface area contributed by atoms with E-state index in [1.54, 1.807) is 18.2 Å². The first-order chi connectivity index (χ1) is 8.06. The molecule has 2 rings (SSSR count). The number of nitrogens with one attached hydrogen (secondary N) is 1. The number of nitrogens with zero attached hydrogens (tertiary/aromatic N) is 1. The monoisotopic (exact) mass is 236 g/mol. The fourth-order valence-corrected chi connectivity index (χ4v) is 1.30. The molecule has 90 valence electrons. The molecule has 0 fully saturated rings. The highest BCUT2D eigenvalue weighted by molar-refractivity contribution is 5.80. The van der Waals surface area contributed by atoms with Crippen LogP contribution in [0.2, 0.25) is 0 Å². The molecule has 1 atom stereocenters. The number of nitrogen functional groups attached to an aromatic ring is 1.